The Morgan fingerprint density at radius 1 is 1.29 bits per heavy atom. The summed E-state index contributed by atoms with van der Waals surface area (Å²) in [6, 6.07) is 10.8. The SMILES string of the molecule is O=C(N/N=C/c1cc(I)cc(I)c1O)C1COc2ccccc2O1. The number of rotatable bonds is 3. The van der Waals surface area contributed by atoms with Gasteiger partial charge in [0.15, 0.2) is 11.5 Å². The van der Waals surface area contributed by atoms with Crippen LogP contribution >= 0.6 is 45.2 Å². The van der Waals surface area contributed by atoms with Crippen LogP contribution in [-0.2, 0) is 4.79 Å². The number of amides is 1. The van der Waals surface area contributed by atoms with E-state index in [1.807, 2.05) is 40.8 Å². The first kappa shape index (κ1) is 17.3. The number of fused-ring (bicyclic) bond motifs is 1. The maximum absolute atomic E-state index is 12.1. The van der Waals surface area contributed by atoms with Crippen molar-refractivity contribution in [1.82, 2.24) is 5.43 Å². The Kier molecular flexibility index (Phi) is 5.43. The number of nitrogens with one attached hydrogen (secondary N) is 1. The van der Waals surface area contributed by atoms with Gasteiger partial charge in [0.05, 0.1) is 9.78 Å². The highest BCUT2D eigenvalue weighted by atomic mass is 127. The quantitative estimate of drug-likeness (QED) is 0.350. The minimum atomic E-state index is -0.776. The second kappa shape index (κ2) is 7.55. The van der Waals surface area contributed by atoms with Crippen molar-refractivity contribution in [1.29, 1.82) is 0 Å². The van der Waals surface area contributed by atoms with E-state index in [0.29, 0.717) is 20.6 Å². The van der Waals surface area contributed by atoms with Gasteiger partial charge >= 0.3 is 0 Å². The van der Waals surface area contributed by atoms with Crippen LogP contribution in [0.15, 0.2) is 41.5 Å². The Morgan fingerprint density at radius 2 is 2.04 bits per heavy atom. The largest absolute Gasteiger partial charge is 0.506 e. The second-order valence-corrected chi connectivity index (χ2v) is 7.33. The molecule has 0 fully saturated rings. The predicted octanol–water partition coefficient (Wildman–Crippen LogP) is 2.89. The molecule has 0 aliphatic carbocycles. The Labute approximate surface area is 165 Å². The van der Waals surface area contributed by atoms with Gasteiger partial charge in [0.25, 0.3) is 5.91 Å². The van der Waals surface area contributed by atoms with Crippen molar-refractivity contribution < 1.29 is 19.4 Å². The number of halogens is 2. The molecule has 0 saturated heterocycles. The molecule has 2 aromatic rings. The van der Waals surface area contributed by atoms with Crippen LogP contribution < -0.4 is 14.9 Å². The highest BCUT2D eigenvalue weighted by molar-refractivity contribution is 14.1. The summed E-state index contributed by atoms with van der Waals surface area (Å²) in [5.41, 5.74) is 2.93. The summed E-state index contributed by atoms with van der Waals surface area (Å²) in [4.78, 5) is 12.1. The van der Waals surface area contributed by atoms with Gasteiger partial charge in [-0.3, -0.25) is 4.79 Å². The Hall–Kier alpha value is -1.56. The van der Waals surface area contributed by atoms with Crippen molar-refractivity contribution in [3.8, 4) is 17.2 Å². The first-order valence-electron chi connectivity index (χ1n) is 6.94. The van der Waals surface area contributed by atoms with Crippen LogP contribution in [0.25, 0.3) is 0 Å². The lowest BCUT2D eigenvalue weighted by Gasteiger charge is -2.24. The van der Waals surface area contributed by atoms with Crippen molar-refractivity contribution in [2.75, 3.05) is 6.61 Å². The molecule has 8 heteroatoms. The standard InChI is InChI=1S/C16H12I2N2O4/c17-10-5-9(15(21)11(18)6-10)7-19-20-16(22)14-8-23-12-3-1-2-4-13(12)24-14/h1-7,14,21H,8H2,(H,20,22)/b19-7+. The number of hydrazone groups is 1. The molecule has 1 atom stereocenters. The zero-order valence-electron chi connectivity index (χ0n) is 12.2. The van der Waals surface area contributed by atoms with Crippen LogP contribution in [0.2, 0.25) is 0 Å². The number of nitrogens with zero attached hydrogens (tertiary/aromatic N) is 1. The molecule has 1 heterocycles. The van der Waals surface area contributed by atoms with Gasteiger partial charge in [0.1, 0.15) is 12.4 Å². The molecule has 0 spiro atoms. The lowest BCUT2D eigenvalue weighted by atomic mass is 10.2. The molecular formula is C16H12I2N2O4. The van der Waals surface area contributed by atoms with Crippen molar-refractivity contribution >= 4 is 57.3 Å². The summed E-state index contributed by atoms with van der Waals surface area (Å²) >= 11 is 4.18. The van der Waals surface area contributed by atoms with Crippen molar-refractivity contribution in [3.63, 3.8) is 0 Å². The van der Waals surface area contributed by atoms with Gasteiger partial charge in [-0.05, 0) is 69.4 Å². The van der Waals surface area contributed by atoms with E-state index < -0.39 is 12.0 Å². The third kappa shape index (κ3) is 3.91. The summed E-state index contributed by atoms with van der Waals surface area (Å²) in [5.74, 6) is 0.849. The third-order valence-electron chi connectivity index (χ3n) is 3.24. The van der Waals surface area contributed by atoms with Crippen LogP contribution in [-0.4, -0.2) is 29.9 Å². The minimum absolute atomic E-state index is 0.116. The monoisotopic (exact) mass is 550 g/mol. The fraction of sp³-hybridized carbons (Fsp3) is 0.125. The van der Waals surface area contributed by atoms with Gasteiger partial charge in [-0.1, -0.05) is 12.1 Å². The molecule has 3 rings (SSSR count). The molecule has 0 aromatic heterocycles. The molecule has 1 amide bonds. The zero-order chi connectivity index (χ0) is 17.1. The number of aromatic hydroxyl groups is 1. The van der Waals surface area contributed by atoms with E-state index in [9.17, 15) is 9.90 Å². The van der Waals surface area contributed by atoms with E-state index in [4.69, 9.17) is 9.47 Å². The number of ether oxygens (including phenoxy) is 2. The van der Waals surface area contributed by atoms with Gasteiger partial charge in [-0.2, -0.15) is 5.10 Å². The number of carbonyl (C=O) groups excluding carboxylic acids is 1. The van der Waals surface area contributed by atoms with E-state index in [0.717, 1.165) is 3.57 Å². The molecule has 0 saturated carbocycles. The fourth-order valence-electron chi connectivity index (χ4n) is 2.07. The first-order chi connectivity index (χ1) is 11.5. The van der Waals surface area contributed by atoms with Gasteiger partial charge in [0, 0.05) is 9.13 Å². The zero-order valence-corrected chi connectivity index (χ0v) is 16.5. The number of phenolic OH excluding ortho intramolecular Hbond substituents is 1. The first-order valence-corrected chi connectivity index (χ1v) is 9.10. The number of phenols is 1. The van der Waals surface area contributed by atoms with Crippen molar-refractivity contribution in [2.24, 2.45) is 5.10 Å². The number of hydrogen-bond donors (Lipinski definition) is 2. The molecule has 6 nitrogen and oxygen atoms in total. The maximum Gasteiger partial charge on any atom is 0.284 e. The highest BCUT2D eigenvalue weighted by Gasteiger charge is 2.27. The van der Waals surface area contributed by atoms with Gasteiger partial charge in [-0.15, -0.1) is 0 Å². The molecule has 124 valence electrons. The normalized spacial score (nSPS) is 16.2. The summed E-state index contributed by atoms with van der Waals surface area (Å²) in [6.07, 6.45) is 0.622. The Bertz CT molecular complexity index is 811. The summed E-state index contributed by atoms with van der Waals surface area (Å²) < 4.78 is 12.8. The van der Waals surface area contributed by atoms with Gasteiger partial charge < -0.3 is 14.6 Å². The summed E-state index contributed by atoms with van der Waals surface area (Å²) in [5, 5.41) is 13.9. The number of para-hydroxylation sites is 2. The van der Waals surface area contributed by atoms with E-state index in [2.05, 4.69) is 33.1 Å². The number of benzene rings is 2. The molecule has 1 aliphatic heterocycles. The average Bonchev–Trinajstić information content (AvgIpc) is 2.58. The average molecular weight is 550 g/mol. The van der Waals surface area contributed by atoms with Crippen molar-refractivity contribution in [2.45, 2.75) is 6.10 Å². The molecule has 0 radical (unpaired) electrons. The molecule has 24 heavy (non-hydrogen) atoms. The molecule has 0 bridgehead atoms. The smallest absolute Gasteiger partial charge is 0.284 e. The van der Waals surface area contributed by atoms with Gasteiger partial charge in [0.2, 0.25) is 6.10 Å². The summed E-state index contributed by atoms with van der Waals surface area (Å²) in [6.45, 7) is 0.116. The second-order valence-electron chi connectivity index (χ2n) is 4.92. The molecule has 1 unspecified atom stereocenters. The summed E-state index contributed by atoms with van der Waals surface area (Å²) in [7, 11) is 0. The van der Waals surface area contributed by atoms with Crippen LogP contribution in [0, 0.1) is 7.14 Å². The number of carbonyl (C=O) groups is 1. The van der Waals surface area contributed by atoms with Crippen LogP contribution in [0.4, 0.5) is 0 Å². The Morgan fingerprint density at radius 3 is 2.83 bits per heavy atom. The molecule has 2 N–H and O–H groups in total. The fourth-order valence-corrected chi connectivity index (χ4v) is 3.96. The van der Waals surface area contributed by atoms with E-state index in [1.165, 1.54) is 6.21 Å². The number of hydrogen-bond acceptors (Lipinski definition) is 5. The van der Waals surface area contributed by atoms with E-state index >= 15 is 0 Å². The van der Waals surface area contributed by atoms with Crippen LogP contribution in [0.5, 0.6) is 17.2 Å². The maximum atomic E-state index is 12.1. The van der Waals surface area contributed by atoms with Crippen molar-refractivity contribution in [3.05, 3.63) is 49.1 Å². The highest BCUT2D eigenvalue weighted by Crippen LogP contribution is 2.30. The third-order valence-corrected chi connectivity index (χ3v) is 4.68. The van der Waals surface area contributed by atoms with E-state index in [1.54, 1.807) is 18.2 Å². The van der Waals surface area contributed by atoms with Crippen LogP contribution in [0.3, 0.4) is 0 Å². The lowest BCUT2D eigenvalue weighted by molar-refractivity contribution is -0.130. The minimum Gasteiger partial charge on any atom is -0.506 e. The molecule has 2 aromatic carbocycles. The Balaban J connectivity index is 1.64. The lowest BCUT2D eigenvalue weighted by Crippen LogP contribution is -2.42. The molecule has 1 aliphatic rings. The predicted molar refractivity (Wildman–Crippen MR) is 106 cm³/mol. The van der Waals surface area contributed by atoms with Crippen LogP contribution in [0.1, 0.15) is 5.56 Å². The molecular weight excluding hydrogens is 538 g/mol. The van der Waals surface area contributed by atoms with E-state index in [-0.39, 0.29) is 12.4 Å². The topological polar surface area (TPSA) is 80.2 Å². The van der Waals surface area contributed by atoms with Gasteiger partial charge in [-0.25, -0.2) is 5.43 Å².